The minimum Gasteiger partial charge on any atom is -0.479 e. The largest absolute Gasteiger partial charge is 0.479 e. The maximum atomic E-state index is 12.5. The Morgan fingerprint density at radius 2 is 2.00 bits per heavy atom. The molecular weight excluding hydrogens is 320 g/mol. The van der Waals surface area contributed by atoms with Crippen LogP contribution in [-0.2, 0) is 9.59 Å². The van der Waals surface area contributed by atoms with Crippen LogP contribution in [-0.4, -0.2) is 36.8 Å². The lowest BCUT2D eigenvalue weighted by atomic mass is 10.0. The molecule has 6 nitrogen and oxygen atoms in total. The molecule has 1 aliphatic rings. The second-order valence-corrected chi connectivity index (χ2v) is 6.24. The number of rotatable bonds is 8. The molecule has 0 saturated carbocycles. The Hall–Kier alpha value is -2.37. The van der Waals surface area contributed by atoms with Crippen LogP contribution in [0.25, 0.3) is 0 Å². The molecule has 1 atom stereocenters. The molecule has 0 fully saturated rings. The first-order valence-corrected chi connectivity index (χ1v) is 8.89. The van der Waals surface area contributed by atoms with E-state index in [1.807, 2.05) is 13.8 Å². The zero-order valence-corrected chi connectivity index (χ0v) is 15.1. The minimum absolute atomic E-state index is 0.0173. The van der Waals surface area contributed by atoms with Crippen molar-refractivity contribution in [2.45, 2.75) is 52.6 Å². The van der Waals surface area contributed by atoms with Gasteiger partial charge < -0.3 is 10.1 Å². The SMILES string of the molecule is CCCCNC(=O)CN1C(=O)C(C)Oc2ccc(C(=O)CCC)cc21. The summed E-state index contributed by atoms with van der Waals surface area (Å²) in [5.74, 6) is 0.0376. The molecule has 25 heavy (non-hydrogen) atoms. The number of unbranched alkanes of at least 4 members (excludes halogenated alkanes) is 1. The predicted molar refractivity (Wildman–Crippen MR) is 96.0 cm³/mol. The average molecular weight is 346 g/mol. The molecule has 0 bridgehead atoms. The van der Waals surface area contributed by atoms with Gasteiger partial charge in [-0.1, -0.05) is 20.3 Å². The van der Waals surface area contributed by atoms with Crippen LogP contribution in [0.3, 0.4) is 0 Å². The molecule has 2 amide bonds. The standard InChI is InChI=1S/C19H26N2O4/c1-4-6-10-20-18(23)12-21-15-11-14(16(22)7-5-2)8-9-17(15)25-13(3)19(21)24/h8-9,11,13H,4-7,10,12H2,1-3H3,(H,20,23). The molecule has 1 aliphatic heterocycles. The number of nitrogens with one attached hydrogen (secondary N) is 1. The second-order valence-electron chi connectivity index (χ2n) is 6.24. The number of Topliss-reactive ketones (excluding diaryl/α,β-unsaturated/α-hetero) is 1. The highest BCUT2D eigenvalue weighted by molar-refractivity contribution is 6.05. The van der Waals surface area contributed by atoms with Crippen LogP contribution in [0.5, 0.6) is 5.75 Å². The van der Waals surface area contributed by atoms with Gasteiger partial charge in [0.1, 0.15) is 12.3 Å². The summed E-state index contributed by atoms with van der Waals surface area (Å²) in [5.41, 5.74) is 1.01. The van der Waals surface area contributed by atoms with Crippen molar-refractivity contribution in [1.82, 2.24) is 5.32 Å². The highest BCUT2D eigenvalue weighted by Crippen LogP contribution is 2.35. The van der Waals surface area contributed by atoms with Crippen molar-refractivity contribution in [2.24, 2.45) is 0 Å². The first-order valence-electron chi connectivity index (χ1n) is 8.89. The maximum Gasteiger partial charge on any atom is 0.268 e. The number of nitrogens with zero attached hydrogens (tertiary/aromatic N) is 1. The molecule has 0 spiro atoms. The highest BCUT2D eigenvalue weighted by atomic mass is 16.5. The van der Waals surface area contributed by atoms with Crippen molar-refractivity contribution in [1.29, 1.82) is 0 Å². The van der Waals surface area contributed by atoms with E-state index in [1.165, 1.54) is 4.90 Å². The van der Waals surface area contributed by atoms with Crippen LogP contribution in [0.15, 0.2) is 18.2 Å². The summed E-state index contributed by atoms with van der Waals surface area (Å²) in [6.45, 7) is 6.16. The molecule has 1 heterocycles. The molecule has 6 heteroatoms. The van der Waals surface area contributed by atoms with Crippen molar-refractivity contribution in [3.8, 4) is 5.75 Å². The van der Waals surface area contributed by atoms with Crippen LogP contribution in [0.1, 0.15) is 56.8 Å². The van der Waals surface area contributed by atoms with Gasteiger partial charge in [0.15, 0.2) is 11.9 Å². The molecule has 1 aromatic rings. The summed E-state index contributed by atoms with van der Waals surface area (Å²) < 4.78 is 5.61. The molecule has 2 rings (SSSR count). The molecule has 136 valence electrons. The van der Waals surface area contributed by atoms with E-state index < -0.39 is 6.10 Å². The summed E-state index contributed by atoms with van der Waals surface area (Å²) in [5, 5.41) is 2.81. The van der Waals surface area contributed by atoms with Crippen LogP contribution in [0.4, 0.5) is 5.69 Å². The van der Waals surface area contributed by atoms with E-state index in [2.05, 4.69) is 5.32 Å². The fourth-order valence-corrected chi connectivity index (χ4v) is 2.72. The van der Waals surface area contributed by atoms with Crippen molar-refractivity contribution in [3.63, 3.8) is 0 Å². The maximum absolute atomic E-state index is 12.5. The van der Waals surface area contributed by atoms with Gasteiger partial charge in [-0.25, -0.2) is 0 Å². The number of carbonyl (C=O) groups excluding carboxylic acids is 3. The fourth-order valence-electron chi connectivity index (χ4n) is 2.72. The quantitative estimate of drug-likeness (QED) is 0.580. The summed E-state index contributed by atoms with van der Waals surface area (Å²) in [6, 6.07) is 5.05. The van der Waals surface area contributed by atoms with Gasteiger partial charge in [-0.3, -0.25) is 19.3 Å². The van der Waals surface area contributed by atoms with Gasteiger partial charge >= 0.3 is 0 Å². The molecule has 0 radical (unpaired) electrons. The molecule has 1 N–H and O–H groups in total. The number of anilines is 1. The number of hydrogen-bond donors (Lipinski definition) is 1. The van der Waals surface area contributed by atoms with E-state index in [9.17, 15) is 14.4 Å². The van der Waals surface area contributed by atoms with Crippen molar-refractivity contribution in [3.05, 3.63) is 23.8 Å². The van der Waals surface area contributed by atoms with Crippen molar-refractivity contribution in [2.75, 3.05) is 18.0 Å². The van der Waals surface area contributed by atoms with Gasteiger partial charge in [-0.15, -0.1) is 0 Å². The third kappa shape index (κ3) is 4.59. The van der Waals surface area contributed by atoms with E-state index in [-0.39, 0.29) is 24.1 Å². The summed E-state index contributed by atoms with van der Waals surface area (Å²) in [4.78, 5) is 38.2. The predicted octanol–water partition coefficient (Wildman–Crippen LogP) is 2.70. The third-order valence-corrected chi connectivity index (χ3v) is 4.12. The first kappa shape index (κ1) is 19.0. The Bertz CT molecular complexity index is 657. The van der Waals surface area contributed by atoms with Crippen LogP contribution >= 0.6 is 0 Å². The van der Waals surface area contributed by atoms with Crippen LogP contribution in [0, 0.1) is 0 Å². The number of benzene rings is 1. The topological polar surface area (TPSA) is 75.7 Å². The van der Waals surface area contributed by atoms with E-state index >= 15 is 0 Å². The molecular formula is C19H26N2O4. The van der Waals surface area contributed by atoms with Crippen LogP contribution in [0.2, 0.25) is 0 Å². The summed E-state index contributed by atoms with van der Waals surface area (Å²) >= 11 is 0. The van der Waals surface area contributed by atoms with Gasteiger partial charge in [0.25, 0.3) is 5.91 Å². The summed E-state index contributed by atoms with van der Waals surface area (Å²) in [7, 11) is 0. The zero-order valence-electron chi connectivity index (χ0n) is 15.1. The number of carbonyl (C=O) groups is 3. The van der Waals surface area contributed by atoms with Gasteiger partial charge in [-0.05, 0) is 38.0 Å². The Morgan fingerprint density at radius 3 is 2.68 bits per heavy atom. The zero-order chi connectivity index (χ0) is 18.4. The van der Waals surface area contributed by atoms with E-state index in [0.29, 0.717) is 30.0 Å². The van der Waals surface area contributed by atoms with Crippen molar-refractivity contribution < 1.29 is 19.1 Å². The average Bonchev–Trinajstić information content (AvgIpc) is 2.59. The van der Waals surface area contributed by atoms with Gasteiger partial charge in [0, 0.05) is 18.5 Å². The van der Waals surface area contributed by atoms with E-state index in [0.717, 1.165) is 19.3 Å². The van der Waals surface area contributed by atoms with E-state index in [1.54, 1.807) is 25.1 Å². The van der Waals surface area contributed by atoms with Gasteiger partial charge in [-0.2, -0.15) is 0 Å². The lowest BCUT2D eigenvalue weighted by Gasteiger charge is -2.32. The Labute approximate surface area is 148 Å². The highest BCUT2D eigenvalue weighted by Gasteiger charge is 2.33. The smallest absolute Gasteiger partial charge is 0.268 e. The minimum atomic E-state index is -0.659. The second kappa shape index (κ2) is 8.65. The lowest BCUT2D eigenvalue weighted by Crippen LogP contribution is -2.49. The van der Waals surface area contributed by atoms with Gasteiger partial charge in [0.05, 0.1) is 5.69 Å². The molecule has 1 unspecified atom stereocenters. The third-order valence-electron chi connectivity index (χ3n) is 4.12. The molecule has 0 saturated heterocycles. The molecule has 0 aromatic heterocycles. The van der Waals surface area contributed by atoms with E-state index in [4.69, 9.17) is 4.74 Å². The lowest BCUT2D eigenvalue weighted by molar-refractivity contribution is -0.128. The molecule has 1 aromatic carbocycles. The number of ether oxygens (including phenoxy) is 1. The Balaban J connectivity index is 2.24. The Kier molecular flexibility index (Phi) is 6.56. The monoisotopic (exact) mass is 346 g/mol. The summed E-state index contributed by atoms with van der Waals surface area (Å²) in [6.07, 6.45) is 2.42. The Morgan fingerprint density at radius 1 is 1.24 bits per heavy atom. The number of hydrogen-bond acceptors (Lipinski definition) is 4. The number of ketones is 1. The van der Waals surface area contributed by atoms with Gasteiger partial charge in [0.2, 0.25) is 5.91 Å². The fraction of sp³-hybridized carbons (Fsp3) is 0.526. The van der Waals surface area contributed by atoms with Crippen LogP contribution < -0.4 is 15.0 Å². The van der Waals surface area contributed by atoms with Crippen molar-refractivity contribution >= 4 is 23.3 Å². The normalized spacial score (nSPS) is 16.2. The number of amides is 2. The molecule has 0 aliphatic carbocycles. The first-order chi connectivity index (χ1) is 12.0. The number of fused-ring (bicyclic) bond motifs is 1.